The van der Waals surface area contributed by atoms with Crippen LogP contribution in [0.4, 0.5) is 24.5 Å². The molecule has 2 heterocycles. The largest absolute Gasteiger partial charge is 0.423 e. The molecule has 126 valence electrons. The number of nitrogens with zero attached hydrogens (tertiary/aromatic N) is 2. The standard InChI is InChI=1S/C14H15F3N2O4/c15-14(16,17)11-8-10(2-3-12(11)19(20)21)18-5-1-4-13(9-18)22-6-7-23-13/h2-3,8H,1,4-7,9H2. The molecule has 0 radical (unpaired) electrons. The van der Waals surface area contributed by atoms with Gasteiger partial charge in [0.05, 0.1) is 24.7 Å². The minimum absolute atomic E-state index is 0.279. The van der Waals surface area contributed by atoms with Gasteiger partial charge in [0.2, 0.25) is 0 Å². The molecule has 2 aliphatic heterocycles. The van der Waals surface area contributed by atoms with Crippen molar-refractivity contribution in [3.05, 3.63) is 33.9 Å². The lowest BCUT2D eigenvalue weighted by molar-refractivity contribution is -0.388. The van der Waals surface area contributed by atoms with Crippen molar-refractivity contribution in [1.82, 2.24) is 0 Å². The molecule has 3 rings (SSSR count). The lowest BCUT2D eigenvalue weighted by Crippen LogP contribution is -2.49. The van der Waals surface area contributed by atoms with Gasteiger partial charge < -0.3 is 14.4 Å². The highest BCUT2D eigenvalue weighted by atomic mass is 19.4. The molecule has 0 saturated carbocycles. The summed E-state index contributed by atoms with van der Waals surface area (Å²) in [6, 6.07) is 3.06. The molecule has 0 unspecified atom stereocenters. The Hall–Kier alpha value is -1.87. The molecule has 0 aliphatic carbocycles. The Morgan fingerprint density at radius 1 is 1.26 bits per heavy atom. The molecular formula is C14H15F3N2O4. The van der Waals surface area contributed by atoms with Crippen LogP contribution in [0.15, 0.2) is 18.2 Å². The molecule has 0 atom stereocenters. The van der Waals surface area contributed by atoms with Crippen molar-refractivity contribution in [2.45, 2.75) is 24.8 Å². The zero-order valence-corrected chi connectivity index (χ0v) is 12.1. The summed E-state index contributed by atoms with van der Waals surface area (Å²) in [7, 11) is 0. The van der Waals surface area contributed by atoms with E-state index in [4.69, 9.17) is 9.47 Å². The second-order valence-electron chi connectivity index (χ2n) is 5.59. The van der Waals surface area contributed by atoms with Crippen molar-refractivity contribution < 1.29 is 27.6 Å². The fourth-order valence-corrected chi connectivity index (χ4v) is 3.05. The number of piperidine rings is 1. The summed E-state index contributed by atoms with van der Waals surface area (Å²) < 4.78 is 50.4. The number of nitro benzene ring substituents is 1. The highest BCUT2D eigenvalue weighted by Gasteiger charge is 2.42. The Bertz CT molecular complexity index is 615. The Balaban J connectivity index is 1.92. The second kappa shape index (κ2) is 5.64. The number of rotatable bonds is 2. The van der Waals surface area contributed by atoms with Gasteiger partial charge in [0.25, 0.3) is 5.69 Å². The van der Waals surface area contributed by atoms with Crippen molar-refractivity contribution in [1.29, 1.82) is 0 Å². The molecule has 0 N–H and O–H groups in total. The first-order valence-electron chi connectivity index (χ1n) is 7.19. The summed E-state index contributed by atoms with van der Waals surface area (Å²) >= 11 is 0. The number of nitro groups is 1. The Morgan fingerprint density at radius 2 is 1.96 bits per heavy atom. The van der Waals surface area contributed by atoms with Gasteiger partial charge in [0.1, 0.15) is 5.56 Å². The third kappa shape index (κ3) is 3.11. The Morgan fingerprint density at radius 3 is 2.57 bits per heavy atom. The normalized spacial score (nSPS) is 20.9. The van der Waals surface area contributed by atoms with Crippen molar-refractivity contribution in [3.8, 4) is 0 Å². The fraction of sp³-hybridized carbons (Fsp3) is 0.571. The second-order valence-corrected chi connectivity index (χ2v) is 5.59. The molecule has 9 heteroatoms. The summed E-state index contributed by atoms with van der Waals surface area (Å²) in [6.07, 6.45) is -3.40. The van der Waals surface area contributed by atoms with E-state index >= 15 is 0 Å². The van der Waals surface area contributed by atoms with Crippen molar-refractivity contribution >= 4 is 11.4 Å². The predicted octanol–water partition coefficient (Wildman–Crippen LogP) is 2.96. The average molecular weight is 332 g/mol. The van der Waals surface area contributed by atoms with Gasteiger partial charge in [-0.2, -0.15) is 13.2 Å². The molecule has 1 aromatic rings. The third-order valence-electron chi connectivity index (χ3n) is 4.08. The van der Waals surface area contributed by atoms with E-state index in [-0.39, 0.29) is 5.69 Å². The quantitative estimate of drug-likeness (QED) is 0.615. The molecule has 2 saturated heterocycles. The number of ether oxygens (including phenoxy) is 2. The fourth-order valence-electron chi connectivity index (χ4n) is 3.05. The van der Waals surface area contributed by atoms with Crippen LogP contribution in [-0.2, 0) is 15.7 Å². The monoisotopic (exact) mass is 332 g/mol. The van der Waals surface area contributed by atoms with Crippen molar-refractivity contribution in [3.63, 3.8) is 0 Å². The minimum Gasteiger partial charge on any atom is -0.366 e. The van der Waals surface area contributed by atoms with Crippen LogP contribution in [0.1, 0.15) is 18.4 Å². The number of hydrogen-bond donors (Lipinski definition) is 0. The molecule has 2 aliphatic rings. The van der Waals surface area contributed by atoms with Crippen LogP contribution in [0, 0.1) is 10.1 Å². The highest BCUT2D eigenvalue weighted by Crippen LogP contribution is 2.40. The van der Waals surface area contributed by atoms with Gasteiger partial charge >= 0.3 is 6.18 Å². The van der Waals surface area contributed by atoms with E-state index in [0.29, 0.717) is 39.1 Å². The Kier molecular flexibility index (Phi) is 3.93. The smallest absolute Gasteiger partial charge is 0.366 e. The van der Waals surface area contributed by atoms with Crippen molar-refractivity contribution in [2.75, 3.05) is 31.2 Å². The van der Waals surface area contributed by atoms with Crippen LogP contribution in [-0.4, -0.2) is 37.0 Å². The van der Waals surface area contributed by atoms with Gasteiger partial charge in [-0.15, -0.1) is 0 Å². The number of benzene rings is 1. The number of alkyl halides is 3. The Labute approximate surface area is 129 Å². The van der Waals surface area contributed by atoms with E-state index in [9.17, 15) is 23.3 Å². The van der Waals surface area contributed by atoms with E-state index in [2.05, 4.69) is 0 Å². The summed E-state index contributed by atoms with van der Waals surface area (Å²) in [5.74, 6) is -0.779. The minimum atomic E-state index is -4.79. The third-order valence-corrected chi connectivity index (χ3v) is 4.08. The molecule has 0 aromatic heterocycles. The molecule has 2 fully saturated rings. The van der Waals surface area contributed by atoms with Crippen LogP contribution in [0.3, 0.4) is 0 Å². The van der Waals surface area contributed by atoms with E-state index in [0.717, 1.165) is 12.1 Å². The molecular weight excluding hydrogens is 317 g/mol. The van der Waals surface area contributed by atoms with Gasteiger partial charge in [0.15, 0.2) is 5.79 Å². The SMILES string of the molecule is O=[N+]([O-])c1ccc(N2CCCC3(C2)OCCO3)cc1C(F)(F)F. The van der Waals surface area contributed by atoms with Gasteiger partial charge in [-0.3, -0.25) is 10.1 Å². The molecule has 0 amide bonds. The topological polar surface area (TPSA) is 64.8 Å². The van der Waals surface area contributed by atoms with E-state index < -0.39 is 28.1 Å². The van der Waals surface area contributed by atoms with Gasteiger partial charge in [0, 0.05) is 24.7 Å². The van der Waals surface area contributed by atoms with Crippen LogP contribution in [0.2, 0.25) is 0 Å². The first-order valence-corrected chi connectivity index (χ1v) is 7.19. The van der Waals surface area contributed by atoms with Crippen molar-refractivity contribution in [2.24, 2.45) is 0 Å². The molecule has 6 nitrogen and oxygen atoms in total. The molecule has 1 aromatic carbocycles. The molecule has 23 heavy (non-hydrogen) atoms. The number of anilines is 1. The van der Waals surface area contributed by atoms with Gasteiger partial charge in [-0.1, -0.05) is 0 Å². The van der Waals surface area contributed by atoms with Crippen LogP contribution in [0.25, 0.3) is 0 Å². The summed E-state index contributed by atoms with van der Waals surface area (Å²) in [4.78, 5) is 11.5. The summed E-state index contributed by atoms with van der Waals surface area (Å²) in [5.41, 5.74) is -1.91. The van der Waals surface area contributed by atoms with Crippen LogP contribution in [0.5, 0.6) is 0 Å². The first kappa shape index (κ1) is 16.0. The van der Waals surface area contributed by atoms with Gasteiger partial charge in [-0.25, -0.2) is 0 Å². The lowest BCUT2D eigenvalue weighted by atomic mass is 10.0. The zero-order chi connectivity index (χ0) is 16.7. The van der Waals surface area contributed by atoms with Crippen LogP contribution < -0.4 is 4.90 Å². The predicted molar refractivity (Wildman–Crippen MR) is 74.2 cm³/mol. The van der Waals surface area contributed by atoms with Gasteiger partial charge in [-0.05, 0) is 18.6 Å². The average Bonchev–Trinajstić information content (AvgIpc) is 2.93. The summed E-state index contributed by atoms with van der Waals surface area (Å²) in [5, 5.41) is 10.8. The number of halogens is 3. The van der Waals surface area contributed by atoms with E-state index in [1.807, 2.05) is 0 Å². The number of hydrogen-bond acceptors (Lipinski definition) is 5. The molecule has 0 bridgehead atoms. The zero-order valence-electron chi connectivity index (χ0n) is 12.1. The summed E-state index contributed by atoms with van der Waals surface area (Å²) in [6.45, 7) is 1.77. The lowest BCUT2D eigenvalue weighted by Gasteiger charge is -2.39. The maximum Gasteiger partial charge on any atom is 0.423 e. The van der Waals surface area contributed by atoms with E-state index in [1.165, 1.54) is 6.07 Å². The molecule has 1 spiro atoms. The maximum absolute atomic E-state index is 13.1. The maximum atomic E-state index is 13.1. The highest BCUT2D eigenvalue weighted by molar-refractivity contribution is 5.57. The van der Waals surface area contributed by atoms with E-state index in [1.54, 1.807) is 4.90 Å². The first-order chi connectivity index (χ1) is 10.8. The van der Waals surface area contributed by atoms with Crippen LogP contribution >= 0.6 is 0 Å².